The summed E-state index contributed by atoms with van der Waals surface area (Å²) in [7, 11) is 4.28. The summed E-state index contributed by atoms with van der Waals surface area (Å²) in [5, 5.41) is 0. The van der Waals surface area contributed by atoms with E-state index in [-0.39, 0.29) is 26.8 Å². The Bertz CT molecular complexity index is 1410. The van der Waals surface area contributed by atoms with Gasteiger partial charge in [-0.3, -0.25) is 4.90 Å². The zero-order valence-electron chi connectivity index (χ0n) is 29.2. The zero-order valence-corrected chi connectivity index (χ0v) is 29.2. The Balaban J connectivity index is 1.44. The molecule has 1 amide bonds. The van der Waals surface area contributed by atoms with Crippen molar-refractivity contribution in [3.8, 4) is 0 Å². The quantitative estimate of drug-likeness (QED) is 0.210. The summed E-state index contributed by atoms with van der Waals surface area (Å²) in [5.74, 6) is -2.31. The smallest absolute Gasteiger partial charge is 0.410 e. The number of esters is 1. The minimum atomic E-state index is -1.08. The number of hydrogen-bond donors (Lipinski definition) is 0. The fourth-order valence-electron chi connectivity index (χ4n) is 7.51. The van der Waals surface area contributed by atoms with Crippen molar-refractivity contribution in [1.82, 2.24) is 4.90 Å². The molecular weight excluding hydrogens is 654 g/mol. The van der Waals surface area contributed by atoms with Crippen molar-refractivity contribution in [2.24, 2.45) is 5.92 Å². The van der Waals surface area contributed by atoms with Crippen LogP contribution in [-0.4, -0.2) is 119 Å². The summed E-state index contributed by atoms with van der Waals surface area (Å²) in [6.45, 7) is 5.50. The van der Waals surface area contributed by atoms with Crippen LogP contribution in [0.2, 0.25) is 0 Å². The Morgan fingerprint density at radius 3 is 2.08 bits per heavy atom. The number of nitrogens with zero attached hydrogens (tertiary/aromatic N) is 1. The average molecular weight is 702 g/mol. The van der Waals surface area contributed by atoms with Crippen LogP contribution in [0.5, 0.6) is 0 Å². The summed E-state index contributed by atoms with van der Waals surface area (Å²) >= 11 is 0. The lowest BCUT2D eigenvalue weighted by Crippen LogP contribution is -2.72. The third-order valence-corrected chi connectivity index (χ3v) is 9.56. The first kappa shape index (κ1) is 36.6. The molecule has 0 spiro atoms. The molecule has 4 aliphatic heterocycles. The van der Waals surface area contributed by atoms with Crippen LogP contribution in [-0.2, 0) is 70.1 Å². The van der Waals surface area contributed by atoms with E-state index in [4.69, 9.17) is 52.1 Å². The van der Waals surface area contributed by atoms with Gasteiger partial charge < -0.3 is 52.1 Å². The third kappa shape index (κ3) is 7.54. The molecule has 0 aromatic heterocycles. The molecule has 4 heterocycles. The molecule has 14 nitrogen and oxygen atoms in total. The lowest BCUT2D eigenvalue weighted by Gasteiger charge is -2.52. The number of rotatable bonds is 14. The fraction of sp³-hybridized carbons (Fsp3) is 0.611. The van der Waals surface area contributed by atoms with Crippen LogP contribution in [0.4, 0.5) is 4.79 Å². The van der Waals surface area contributed by atoms with Gasteiger partial charge in [0.15, 0.2) is 18.2 Å². The summed E-state index contributed by atoms with van der Waals surface area (Å²) in [6, 6.07) is 17.6. The molecule has 0 aliphatic carbocycles. The molecule has 4 fully saturated rings. The fourth-order valence-corrected chi connectivity index (χ4v) is 7.51. The van der Waals surface area contributed by atoms with Crippen LogP contribution in [0.15, 0.2) is 60.7 Å². The van der Waals surface area contributed by atoms with Gasteiger partial charge >= 0.3 is 12.1 Å². The van der Waals surface area contributed by atoms with Gasteiger partial charge in [0.25, 0.3) is 0 Å². The zero-order chi connectivity index (χ0) is 35.4. The second kappa shape index (κ2) is 16.0. The number of benzene rings is 2. The number of likely N-dealkylation sites (tertiary alicyclic amines) is 1. The highest BCUT2D eigenvalue weighted by atomic mass is 16.8. The van der Waals surface area contributed by atoms with Crippen LogP contribution in [0.25, 0.3) is 0 Å². The highest BCUT2D eigenvalue weighted by Gasteiger charge is 2.67. The standard InChI is InChI=1S/C36H47NO13/c1-21-26-31(50-36(2,3)49-26)30(43-17-22-13-9-7-10-14-22)25(37(21)35(39)44-18-23-15-11-8-12-16-23)27(45-19-40-4)24-28-32(33(38)42-6)48-34(47-28)29(24)46-20-41-5/h7-16,21,24-32,34H,17-20H2,1-6H3/t21-,24+,25+,26+,27+,28-,29-,30+,31+,32+,34-/m1/s1. The lowest BCUT2D eigenvalue weighted by molar-refractivity contribution is -0.230. The van der Waals surface area contributed by atoms with Crippen LogP contribution < -0.4 is 0 Å². The molecule has 2 aromatic rings. The second-order valence-electron chi connectivity index (χ2n) is 13.2. The van der Waals surface area contributed by atoms with Gasteiger partial charge in [0.2, 0.25) is 0 Å². The first-order valence-electron chi connectivity index (χ1n) is 16.8. The minimum Gasteiger partial charge on any atom is -0.467 e. The van der Waals surface area contributed by atoms with E-state index >= 15 is 0 Å². The normalized spacial score (nSPS) is 33.2. The molecule has 0 unspecified atom stereocenters. The van der Waals surface area contributed by atoms with E-state index in [0.29, 0.717) is 0 Å². The Morgan fingerprint density at radius 1 is 0.800 bits per heavy atom. The summed E-state index contributed by atoms with van der Waals surface area (Å²) < 4.78 is 66.5. The molecule has 6 rings (SSSR count). The van der Waals surface area contributed by atoms with Crippen molar-refractivity contribution in [3.05, 3.63) is 71.8 Å². The van der Waals surface area contributed by atoms with Crippen molar-refractivity contribution < 1.29 is 61.7 Å². The lowest BCUT2D eigenvalue weighted by atomic mass is 9.77. The van der Waals surface area contributed by atoms with Crippen LogP contribution in [0, 0.1) is 5.92 Å². The number of methoxy groups -OCH3 is 3. The van der Waals surface area contributed by atoms with Gasteiger partial charge in [-0.25, -0.2) is 9.59 Å². The highest BCUT2D eigenvalue weighted by Crippen LogP contribution is 2.48. The van der Waals surface area contributed by atoms with Crippen molar-refractivity contribution >= 4 is 12.1 Å². The molecule has 4 aliphatic rings. The average Bonchev–Trinajstić information content (AvgIpc) is 3.81. The van der Waals surface area contributed by atoms with Crippen LogP contribution >= 0.6 is 0 Å². The van der Waals surface area contributed by atoms with E-state index < -0.39 is 84.9 Å². The summed E-state index contributed by atoms with van der Waals surface area (Å²) in [6.07, 6.45) is -7.28. The monoisotopic (exact) mass is 701 g/mol. The molecule has 0 saturated carbocycles. The van der Waals surface area contributed by atoms with Crippen molar-refractivity contribution in [2.75, 3.05) is 34.9 Å². The maximum absolute atomic E-state index is 14.5. The number of carbonyl (C=O) groups is 2. The Kier molecular flexibility index (Phi) is 11.7. The van der Waals surface area contributed by atoms with Crippen molar-refractivity contribution in [1.29, 1.82) is 0 Å². The van der Waals surface area contributed by atoms with Gasteiger partial charge in [0, 0.05) is 20.1 Å². The summed E-state index contributed by atoms with van der Waals surface area (Å²) in [5.41, 5.74) is 1.73. The second-order valence-corrected chi connectivity index (χ2v) is 13.2. The first-order valence-corrected chi connectivity index (χ1v) is 16.8. The van der Waals surface area contributed by atoms with Crippen LogP contribution in [0.1, 0.15) is 31.9 Å². The molecule has 0 radical (unpaired) electrons. The molecule has 2 aromatic carbocycles. The molecule has 0 N–H and O–H groups in total. The predicted octanol–water partition coefficient (Wildman–Crippen LogP) is 3.39. The van der Waals surface area contributed by atoms with E-state index in [0.717, 1.165) is 11.1 Å². The molecule has 50 heavy (non-hydrogen) atoms. The Hall–Kier alpha value is -3.18. The number of carbonyl (C=O) groups excluding carboxylic acids is 2. The van der Waals surface area contributed by atoms with Gasteiger partial charge in [-0.1, -0.05) is 60.7 Å². The number of ether oxygens (including phenoxy) is 11. The molecule has 11 atom stereocenters. The Morgan fingerprint density at radius 2 is 1.44 bits per heavy atom. The van der Waals surface area contributed by atoms with Crippen LogP contribution in [0.3, 0.4) is 0 Å². The largest absolute Gasteiger partial charge is 0.467 e. The predicted molar refractivity (Wildman–Crippen MR) is 173 cm³/mol. The van der Waals surface area contributed by atoms with E-state index in [1.807, 2.05) is 81.4 Å². The number of piperidine rings is 1. The molecule has 4 saturated heterocycles. The van der Waals surface area contributed by atoms with Gasteiger partial charge in [0.1, 0.15) is 50.7 Å². The van der Waals surface area contributed by atoms with Crippen molar-refractivity contribution in [2.45, 2.75) is 101 Å². The number of fused-ring (bicyclic) bond motifs is 3. The van der Waals surface area contributed by atoms with Gasteiger partial charge in [0.05, 0.1) is 31.9 Å². The molecule has 14 heteroatoms. The van der Waals surface area contributed by atoms with E-state index in [9.17, 15) is 9.59 Å². The van der Waals surface area contributed by atoms with E-state index in [1.54, 1.807) is 4.90 Å². The van der Waals surface area contributed by atoms with E-state index in [1.165, 1.54) is 21.3 Å². The molecule has 274 valence electrons. The highest BCUT2D eigenvalue weighted by molar-refractivity contribution is 5.76. The number of amides is 1. The first-order chi connectivity index (χ1) is 24.2. The van der Waals surface area contributed by atoms with Gasteiger partial charge in [-0.05, 0) is 31.9 Å². The van der Waals surface area contributed by atoms with Gasteiger partial charge in [-0.2, -0.15) is 0 Å². The minimum absolute atomic E-state index is 0.0285. The van der Waals surface area contributed by atoms with Gasteiger partial charge in [-0.15, -0.1) is 0 Å². The molecular formula is C36H47NO13. The Labute approximate surface area is 292 Å². The third-order valence-electron chi connectivity index (χ3n) is 9.56. The molecule has 2 bridgehead atoms. The number of hydrogen-bond acceptors (Lipinski definition) is 13. The maximum Gasteiger partial charge on any atom is 0.410 e. The SMILES string of the molecule is COCO[C@H]1[C@@H]2O[C@H]([C@@H]1[C@H](OCOC)[C@H]1[C@H](OCc3ccccc3)[C@H]3OC(C)(C)O[C@H]3[C@@H](C)N1C(=O)OCc1ccccc1)[C@@H](C(=O)OC)O2. The van der Waals surface area contributed by atoms with E-state index in [2.05, 4.69) is 0 Å². The maximum atomic E-state index is 14.5. The topological polar surface area (TPSA) is 139 Å². The summed E-state index contributed by atoms with van der Waals surface area (Å²) in [4.78, 5) is 29.0. The van der Waals surface area contributed by atoms with Crippen molar-refractivity contribution in [3.63, 3.8) is 0 Å².